The summed E-state index contributed by atoms with van der Waals surface area (Å²) in [4.78, 5) is 25.3. The fourth-order valence-electron chi connectivity index (χ4n) is 2.32. The molecular formula is C17H12N4O2S. The fourth-order valence-corrected chi connectivity index (χ4v) is 3.21. The number of amides is 1. The lowest BCUT2D eigenvalue weighted by molar-refractivity contribution is 0.0950. The topological polar surface area (TPSA) is 80.9 Å². The maximum Gasteiger partial charge on any atom is 0.280 e. The monoisotopic (exact) mass is 336 g/mol. The maximum absolute atomic E-state index is 12.4. The van der Waals surface area contributed by atoms with Gasteiger partial charge in [0.1, 0.15) is 5.69 Å². The molecule has 0 unspecified atom stereocenters. The highest BCUT2D eigenvalue weighted by Crippen LogP contribution is 2.22. The van der Waals surface area contributed by atoms with Crippen molar-refractivity contribution in [3.63, 3.8) is 0 Å². The second-order valence-corrected chi connectivity index (χ2v) is 6.03. The minimum Gasteiger partial charge on any atom is -0.463 e. The first-order chi connectivity index (χ1) is 11.8. The molecule has 4 aromatic rings. The first-order valence-electron chi connectivity index (χ1n) is 7.29. The number of para-hydroxylation sites is 1. The number of nitrogens with zero attached hydrogens (tertiary/aromatic N) is 3. The van der Waals surface area contributed by atoms with Gasteiger partial charge in [-0.25, -0.2) is 9.97 Å². The van der Waals surface area contributed by atoms with Gasteiger partial charge in [-0.3, -0.25) is 9.78 Å². The third kappa shape index (κ3) is 2.77. The Hall–Kier alpha value is -3.06. The van der Waals surface area contributed by atoms with Crippen LogP contribution in [0.5, 0.6) is 0 Å². The Morgan fingerprint density at radius 2 is 2.00 bits per heavy atom. The van der Waals surface area contributed by atoms with Crippen molar-refractivity contribution >= 4 is 27.5 Å². The zero-order valence-corrected chi connectivity index (χ0v) is 13.3. The quantitative estimate of drug-likeness (QED) is 0.618. The molecule has 0 saturated heterocycles. The molecule has 0 bridgehead atoms. The Morgan fingerprint density at radius 1 is 1.12 bits per heavy atom. The predicted molar refractivity (Wildman–Crippen MR) is 90.5 cm³/mol. The largest absolute Gasteiger partial charge is 0.463 e. The van der Waals surface area contributed by atoms with E-state index in [0.717, 1.165) is 10.2 Å². The van der Waals surface area contributed by atoms with Crippen molar-refractivity contribution in [2.45, 2.75) is 6.54 Å². The van der Waals surface area contributed by atoms with Crippen LogP contribution in [0.15, 0.2) is 59.5 Å². The van der Waals surface area contributed by atoms with Gasteiger partial charge in [0.15, 0.2) is 10.8 Å². The van der Waals surface area contributed by atoms with E-state index in [2.05, 4.69) is 20.3 Å². The van der Waals surface area contributed by atoms with E-state index in [4.69, 9.17) is 4.42 Å². The second kappa shape index (κ2) is 6.21. The lowest BCUT2D eigenvalue weighted by Crippen LogP contribution is -2.23. The van der Waals surface area contributed by atoms with Crippen molar-refractivity contribution < 1.29 is 9.21 Å². The van der Waals surface area contributed by atoms with Gasteiger partial charge >= 0.3 is 0 Å². The molecule has 118 valence electrons. The molecule has 0 radical (unpaired) electrons. The van der Waals surface area contributed by atoms with E-state index in [9.17, 15) is 4.79 Å². The molecule has 24 heavy (non-hydrogen) atoms. The standard InChI is InChI=1S/C17H12N4O2S/c22-16(17-21-11-4-1-2-6-14(11)24-17)20-10-12-15(19-8-7-18-12)13-5-3-9-23-13/h1-9H,10H2,(H,20,22). The van der Waals surface area contributed by atoms with Gasteiger partial charge in [-0.05, 0) is 24.3 Å². The minimum absolute atomic E-state index is 0.229. The van der Waals surface area contributed by atoms with Crippen molar-refractivity contribution in [1.29, 1.82) is 0 Å². The molecule has 1 amide bonds. The number of benzene rings is 1. The van der Waals surface area contributed by atoms with Crippen LogP contribution < -0.4 is 5.32 Å². The molecular weight excluding hydrogens is 324 g/mol. The van der Waals surface area contributed by atoms with Crippen LogP contribution in [0.2, 0.25) is 0 Å². The van der Waals surface area contributed by atoms with Gasteiger partial charge in [0.25, 0.3) is 5.91 Å². The summed E-state index contributed by atoms with van der Waals surface area (Å²) >= 11 is 1.36. The van der Waals surface area contributed by atoms with Crippen molar-refractivity contribution in [3.05, 3.63) is 65.8 Å². The zero-order valence-electron chi connectivity index (χ0n) is 12.5. The van der Waals surface area contributed by atoms with Crippen LogP contribution in [0.1, 0.15) is 15.5 Å². The first-order valence-corrected chi connectivity index (χ1v) is 8.10. The SMILES string of the molecule is O=C(NCc1nccnc1-c1ccco1)c1nc2ccccc2s1. The highest BCUT2D eigenvalue weighted by molar-refractivity contribution is 7.20. The van der Waals surface area contributed by atoms with Gasteiger partial charge in [-0.15, -0.1) is 11.3 Å². The molecule has 7 heteroatoms. The summed E-state index contributed by atoms with van der Waals surface area (Å²) in [5.41, 5.74) is 2.08. The summed E-state index contributed by atoms with van der Waals surface area (Å²) < 4.78 is 6.35. The van der Waals surface area contributed by atoms with Gasteiger partial charge in [0, 0.05) is 12.4 Å². The number of nitrogens with one attached hydrogen (secondary N) is 1. The van der Waals surface area contributed by atoms with E-state index < -0.39 is 0 Å². The molecule has 0 saturated carbocycles. The van der Waals surface area contributed by atoms with Crippen LogP contribution in [-0.4, -0.2) is 20.9 Å². The van der Waals surface area contributed by atoms with Crippen LogP contribution in [-0.2, 0) is 6.54 Å². The Bertz CT molecular complexity index is 962. The Balaban J connectivity index is 1.54. The van der Waals surface area contributed by atoms with E-state index in [0.29, 0.717) is 22.2 Å². The average molecular weight is 336 g/mol. The number of hydrogen-bond donors (Lipinski definition) is 1. The number of furan rings is 1. The van der Waals surface area contributed by atoms with E-state index in [1.165, 1.54) is 11.3 Å². The number of carbonyl (C=O) groups is 1. The van der Waals surface area contributed by atoms with E-state index in [-0.39, 0.29) is 12.5 Å². The highest BCUT2D eigenvalue weighted by atomic mass is 32.1. The van der Waals surface area contributed by atoms with Crippen molar-refractivity contribution in [2.75, 3.05) is 0 Å². The lowest BCUT2D eigenvalue weighted by Gasteiger charge is -2.06. The smallest absolute Gasteiger partial charge is 0.280 e. The summed E-state index contributed by atoms with van der Waals surface area (Å²) in [5.74, 6) is 0.389. The second-order valence-electron chi connectivity index (χ2n) is 5.00. The summed E-state index contributed by atoms with van der Waals surface area (Å²) in [6.45, 7) is 0.249. The van der Waals surface area contributed by atoms with Crippen LogP contribution in [0.3, 0.4) is 0 Å². The molecule has 1 N–H and O–H groups in total. The third-order valence-electron chi connectivity index (χ3n) is 3.43. The molecule has 3 aromatic heterocycles. The molecule has 6 nitrogen and oxygen atoms in total. The molecule has 1 aromatic carbocycles. The number of carbonyl (C=O) groups excluding carboxylic acids is 1. The summed E-state index contributed by atoms with van der Waals surface area (Å²) in [5, 5.41) is 3.27. The highest BCUT2D eigenvalue weighted by Gasteiger charge is 2.15. The average Bonchev–Trinajstić information content (AvgIpc) is 3.29. The van der Waals surface area contributed by atoms with Gasteiger partial charge in [0.2, 0.25) is 0 Å². The number of rotatable bonds is 4. The van der Waals surface area contributed by atoms with Crippen LogP contribution in [0, 0.1) is 0 Å². The normalized spacial score (nSPS) is 10.8. The Morgan fingerprint density at radius 3 is 2.83 bits per heavy atom. The van der Waals surface area contributed by atoms with Gasteiger partial charge in [-0.1, -0.05) is 12.1 Å². The lowest BCUT2D eigenvalue weighted by atomic mass is 10.2. The summed E-state index contributed by atoms with van der Waals surface area (Å²) in [6, 6.07) is 11.3. The predicted octanol–water partition coefficient (Wildman–Crippen LogP) is 3.28. The fraction of sp³-hybridized carbons (Fsp3) is 0.0588. The van der Waals surface area contributed by atoms with E-state index >= 15 is 0 Å². The van der Waals surface area contributed by atoms with Crippen LogP contribution in [0.25, 0.3) is 21.7 Å². The molecule has 4 rings (SSSR count). The number of aromatic nitrogens is 3. The summed E-state index contributed by atoms with van der Waals surface area (Å²) in [6.07, 6.45) is 4.76. The first kappa shape index (κ1) is 14.5. The van der Waals surface area contributed by atoms with Crippen molar-refractivity contribution in [1.82, 2.24) is 20.3 Å². The molecule has 0 fully saturated rings. The number of fused-ring (bicyclic) bond motifs is 1. The molecule has 0 atom stereocenters. The van der Waals surface area contributed by atoms with E-state index in [1.807, 2.05) is 30.3 Å². The van der Waals surface area contributed by atoms with Gasteiger partial charge < -0.3 is 9.73 Å². The van der Waals surface area contributed by atoms with Crippen molar-refractivity contribution in [2.24, 2.45) is 0 Å². The molecule has 0 aliphatic heterocycles. The van der Waals surface area contributed by atoms with Crippen LogP contribution in [0.4, 0.5) is 0 Å². The van der Waals surface area contributed by atoms with Gasteiger partial charge in [-0.2, -0.15) is 0 Å². The molecule has 0 aliphatic carbocycles. The number of hydrogen-bond acceptors (Lipinski definition) is 6. The Kier molecular flexibility index (Phi) is 3.76. The molecule has 0 aliphatic rings. The summed E-state index contributed by atoms with van der Waals surface area (Å²) in [7, 11) is 0. The van der Waals surface area contributed by atoms with Crippen molar-refractivity contribution in [3.8, 4) is 11.5 Å². The van der Waals surface area contributed by atoms with Crippen LogP contribution >= 0.6 is 11.3 Å². The molecule has 0 spiro atoms. The third-order valence-corrected chi connectivity index (χ3v) is 4.47. The number of thiazole rings is 1. The maximum atomic E-state index is 12.4. The minimum atomic E-state index is -0.229. The van der Waals surface area contributed by atoms with E-state index in [1.54, 1.807) is 24.7 Å². The zero-order chi connectivity index (χ0) is 16.4. The van der Waals surface area contributed by atoms with Gasteiger partial charge in [0.05, 0.1) is 28.7 Å². The Labute approximate surface area is 141 Å². The molecule has 3 heterocycles.